The highest BCUT2D eigenvalue weighted by Gasteiger charge is 2.41. The number of nitrogens with zero attached hydrogens (tertiary/aromatic N) is 1. The molecule has 2 aromatic rings. The summed E-state index contributed by atoms with van der Waals surface area (Å²) in [5, 5.41) is 0. The number of benzene rings is 2. The van der Waals surface area contributed by atoms with Gasteiger partial charge in [-0.2, -0.15) is 0 Å². The van der Waals surface area contributed by atoms with Crippen LogP contribution in [0.4, 0.5) is 0 Å². The highest BCUT2D eigenvalue weighted by atomic mass is 16.5. The van der Waals surface area contributed by atoms with E-state index < -0.39 is 0 Å². The van der Waals surface area contributed by atoms with Crippen molar-refractivity contribution in [3.63, 3.8) is 0 Å². The normalized spacial score (nSPS) is 21.8. The lowest BCUT2D eigenvalue weighted by molar-refractivity contribution is -0.153. The lowest BCUT2D eigenvalue weighted by atomic mass is 9.76. The molecule has 0 spiro atoms. The standard InChI is InChI=1S/C25H33NO4/c1-5-30-25(27)24-18(2)26(16-14-21(24)20-9-7-6-8-10-20)15-13-19-11-12-22(28-3)23(17-19)29-4/h6-12,17-18,21,24H,5,13-16H2,1-4H3/t18-,21+,24+/m1/s1. The zero-order valence-electron chi connectivity index (χ0n) is 18.5. The van der Waals surface area contributed by atoms with Crippen LogP contribution in [0.25, 0.3) is 0 Å². The molecule has 1 heterocycles. The molecule has 162 valence electrons. The van der Waals surface area contributed by atoms with E-state index in [-0.39, 0.29) is 23.8 Å². The van der Waals surface area contributed by atoms with Crippen LogP contribution in [0.15, 0.2) is 48.5 Å². The van der Waals surface area contributed by atoms with Gasteiger partial charge in [0.05, 0.1) is 26.7 Å². The summed E-state index contributed by atoms with van der Waals surface area (Å²) in [6.45, 7) is 6.29. The molecule has 1 aliphatic heterocycles. The third kappa shape index (κ3) is 4.96. The number of hydrogen-bond donors (Lipinski definition) is 0. The van der Waals surface area contributed by atoms with Gasteiger partial charge < -0.3 is 14.2 Å². The maximum Gasteiger partial charge on any atom is 0.311 e. The monoisotopic (exact) mass is 411 g/mol. The van der Waals surface area contributed by atoms with E-state index in [0.717, 1.165) is 37.4 Å². The Labute approximate surface area is 179 Å². The van der Waals surface area contributed by atoms with E-state index in [9.17, 15) is 4.79 Å². The van der Waals surface area contributed by atoms with E-state index in [0.29, 0.717) is 6.61 Å². The Hall–Kier alpha value is -2.53. The third-order valence-electron chi connectivity index (χ3n) is 6.18. The Morgan fingerprint density at radius 1 is 1.07 bits per heavy atom. The fourth-order valence-electron chi connectivity index (χ4n) is 4.55. The summed E-state index contributed by atoms with van der Waals surface area (Å²) in [7, 11) is 3.30. The molecule has 0 radical (unpaired) electrons. The minimum atomic E-state index is -0.161. The Morgan fingerprint density at radius 2 is 1.80 bits per heavy atom. The Balaban J connectivity index is 1.73. The van der Waals surface area contributed by atoms with Crippen LogP contribution in [0.1, 0.15) is 37.3 Å². The van der Waals surface area contributed by atoms with Crippen LogP contribution >= 0.6 is 0 Å². The molecule has 0 amide bonds. The largest absolute Gasteiger partial charge is 0.493 e. The van der Waals surface area contributed by atoms with Gasteiger partial charge in [0.1, 0.15) is 0 Å². The summed E-state index contributed by atoms with van der Waals surface area (Å²) in [5.74, 6) is 1.43. The van der Waals surface area contributed by atoms with Gasteiger partial charge in [0.15, 0.2) is 11.5 Å². The molecule has 5 heteroatoms. The van der Waals surface area contributed by atoms with Crippen LogP contribution in [-0.2, 0) is 16.0 Å². The number of likely N-dealkylation sites (tertiary alicyclic amines) is 1. The lowest BCUT2D eigenvalue weighted by Gasteiger charge is -2.43. The van der Waals surface area contributed by atoms with E-state index >= 15 is 0 Å². The number of ether oxygens (including phenoxy) is 3. The van der Waals surface area contributed by atoms with Gasteiger partial charge >= 0.3 is 5.97 Å². The van der Waals surface area contributed by atoms with Gasteiger partial charge in [-0.05, 0) is 62.4 Å². The first-order valence-electron chi connectivity index (χ1n) is 10.8. The maximum absolute atomic E-state index is 12.9. The second-order valence-corrected chi connectivity index (χ2v) is 7.80. The fraction of sp³-hybridized carbons (Fsp3) is 0.480. The number of rotatable bonds is 8. The third-order valence-corrected chi connectivity index (χ3v) is 6.18. The summed E-state index contributed by atoms with van der Waals surface area (Å²) < 4.78 is 16.2. The first-order valence-corrected chi connectivity index (χ1v) is 10.8. The molecule has 1 saturated heterocycles. The molecular formula is C25H33NO4. The SMILES string of the molecule is CCOC(=O)[C@H]1[C@@H](C)N(CCc2ccc(OC)c(OC)c2)CC[C@H]1c1ccccc1. The minimum Gasteiger partial charge on any atom is -0.493 e. The van der Waals surface area contributed by atoms with Crippen molar-refractivity contribution in [3.05, 3.63) is 59.7 Å². The molecule has 2 aromatic carbocycles. The van der Waals surface area contributed by atoms with E-state index in [1.54, 1.807) is 14.2 Å². The van der Waals surface area contributed by atoms with Gasteiger partial charge in [-0.1, -0.05) is 36.4 Å². The average Bonchev–Trinajstić information content (AvgIpc) is 2.78. The van der Waals surface area contributed by atoms with Crippen LogP contribution in [0, 0.1) is 5.92 Å². The number of carbonyl (C=O) groups excluding carboxylic acids is 1. The van der Waals surface area contributed by atoms with Crippen molar-refractivity contribution in [3.8, 4) is 11.5 Å². The molecule has 3 atom stereocenters. The molecule has 1 fully saturated rings. The van der Waals surface area contributed by atoms with Crippen LogP contribution < -0.4 is 9.47 Å². The van der Waals surface area contributed by atoms with Gasteiger partial charge in [-0.25, -0.2) is 0 Å². The van der Waals surface area contributed by atoms with E-state index in [1.165, 1.54) is 11.1 Å². The van der Waals surface area contributed by atoms with Crippen molar-refractivity contribution in [2.24, 2.45) is 5.92 Å². The molecule has 0 aromatic heterocycles. The van der Waals surface area contributed by atoms with Crippen LogP contribution in [0.2, 0.25) is 0 Å². The Kier molecular flexibility index (Phi) is 7.75. The van der Waals surface area contributed by atoms with Crippen molar-refractivity contribution < 1.29 is 19.0 Å². The summed E-state index contributed by atoms with van der Waals surface area (Å²) >= 11 is 0. The zero-order valence-corrected chi connectivity index (χ0v) is 18.5. The van der Waals surface area contributed by atoms with Gasteiger partial charge in [0, 0.05) is 12.6 Å². The molecule has 0 unspecified atom stereocenters. The van der Waals surface area contributed by atoms with Crippen molar-refractivity contribution in [2.75, 3.05) is 33.9 Å². The summed E-state index contributed by atoms with van der Waals surface area (Å²) in [5.41, 5.74) is 2.42. The maximum atomic E-state index is 12.9. The van der Waals surface area contributed by atoms with Crippen molar-refractivity contribution >= 4 is 5.97 Å². The fourth-order valence-corrected chi connectivity index (χ4v) is 4.55. The first kappa shape index (κ1) is 22.2. The van der Waals surface area contributed by atoms with E-state index in [1.807, 2.05) is 37.3 Å². The van der Waals surface area contributed by atoms with Gasteiger partial charge in [-0.3, -0.25) is 9.69 Å². The summed E-state index contributed by atoms with van der Waals surface area (Å²) in [6, 6.07) is 16.5. The second kappa shape index (κ2) is 10.5. The highest BCUT2D eigenvalue weighted by molar-refractivity contribution is 5.75. The Bertz CT molecular complexity index is 823. The second-order valence-electron chi connectivity index (χ2n) is 7.80. The molecule has 5 nitrogen and oxygen atoms in total. The predicted octanol–water partition coefficient (Wildman–Crippen LogP) is 4.30. The average molecular weight is 412 g/mol. The molecule has 0 aliphatic carbocycles. The Morgan fingerprint density at radius 3 is 2.47 bits per heavy atom. The zero-order chi connectivity index (χ0) is 21.5. The highest BCUT2D eigenvalue weighted by Crippen LogP contribution is 2.38. The van der Waals surface area contributed by atoms with E-state index in [4.69, 9.17) is 14.2 Å². The van der Waals surface area contributed by atoms with E-state index in [2.05, 4.69) is 30.0 Å². The minimum absolute atomic E-state index is 0.0883. The first-order chi connectivity index (χ1) is 14.6. The van der Waals surface area contributed by atoms with Crippen LogP contribution in [0.3, 0.4) is 0 Å². The molecule has 3 rings (SSSR count). The number of methoxy groups -OCH3 is 2. The van der Waals surface area contributed by atoms with Gasteiger partial charge in [-0.15, -0.1) is 0 Å². The summed E-state index contributed by atoms with van der Waals surface area (Å²) in [6.07, 6.45) is 1.83. The van der Waals surface area contributed by atoms with Crippen molar-refractivity contribution in [2.45, 2.75) is 38.6 Å². The number of hydrogen-bond acceptors (Lipinski definition) is 5. The lowest BCUT2D eigenvalue weighted by Crippen LogP contribution is -2.50. The summed E-state index contributed by atoms with van der Waals surface area (Å²) in [4.78, 5) is 15.3. The smallest absolute Gasteiger partial charge is 0.311 e. The molecule has 0 bridgehead atoms. The molecule has 0 N–H and O–H groups in total. The molecule has 1 aliphatic rings. The molecule has 30 heavy (non-hydrogen) atoms. The van der Waals surface area contributed by atoms with Crippen LogP contribution in [0.5, 0.6) is 11.5 Å². The topological polar surface area (TPSA) is 48.0 Å². The van der Waals surface area contributed by atoms with Crippen molar-refractivity contribution in [1.82, 2.24) is 4.90 Å². The van der Waals surface area contributed by atoms with Crippen molar-refractivity contribution in [1.29, 1.82) is 0 Å². The molecule has 0 saturated carbocycles. The number of carbonyl (C=O) groups is 1. The number of esters is 1. The van der Waals surface area contributed by atoms with Gasteiger partial charge in [0.25, 0.3) is 0 Å². The van der Waals surface area contributed by atoms with Crippen LogP contribution in [-0.4, -0.2) is 50.8 Å². The quantitative estimate of drug-likeness (QED) is 0.606. The van der Waals surface area contributed by atoms with Gasteiger partial charge in [0.2, 0.25) is 0 Å². The molecular weight excluding hydrogens is 378 g/mol. The number of piperidine rings is 1. The predicted molar refractivity (Wildman–Crippen MR) is 118 cm³/mol.